The summed E-state index contributed by atoms with van der Waals surface area (Å²) in [4.78, 5) is 12.8. The lowest BCUT2D eigenvalue weighted by atomic mass is 9.72. The molecule has 6 rings (SSSR count). The van der Waals surface area contributed by atoms with Gasteiger partial charge in [-0.15, -0.1) is 0 Å². The average molecular weight is 646 g/mol. The Hall–Kier alpha value is -3.91. The van der Waals surface area contributed by atoms with Crippen molar-refractivity contribution in [3.63, 3.8) is 0 Å². The van der Waals surface area contributed by atoms with Crippen molar-refractivity contribution < 1.29 is 7.65 Å². The van der Waals surface area contributed by atoms with Crippen molar-refractivity contribution in [2.45, 2.75) is 111 Å². The molecule has 1 amide bonds. The van der Waals surface area contributed by atoms with E-state index in [1.54, 1.807) is 5.56 Å². The molecule has 1 fully saturated rings. The highest BCUT2D eigenvalue weighted by Gasteiger charge is 2.48. The third-order valence-electron chi connectivity index (χ3n) is 10.0. The van der Waals surface area contributed by atoms with E-state index in [-0.39, 0.29) is 14.2 Å². The smallest absolute Gasteiger partial charge is 0.256 e. The fourth-order valence-corrected chi connectivity index (χ4v) is 6.66. The summed E-state index contributed by atoms with van der Waals surface area (Å²) in [5.41, 5.74) is 8.21. The molecular weight excluding hydrogens is 583 g/mol. The summed E-state index contributed by atoms with van der Waals surface area (Å²) in [5.74, 6) is 1.58. The molecule has 0 spiro atoms. The van der Waals surface area contributed by atoms with E-state index in [0.29, 0.717) is 11.0 Å². The number of benzene rings is 4. The number of nitrogens with one attached hydrogen (secondary N) is 1. The van der Waals surface area contributed by atoms with E-state index < -0.39 is 0 Å². The third kappa shape index (κ3) is 10.5. The molecule has 1 unspecified atom stereocenters. The Labute approximate surface area is 295 Å². The highest BCUT2D eigenvalue weighted by Crippen LogP contribution is 2.59. The van der Waals surface area contributed by atoms with Crippen molar-refractivity contribution in [1.82, 2.24) is 0 Å². The normalized spacial score (nSPS) is 15.9. The number of unbranched alkanes of at least 4 members (excludes halogenated alkanes) is 1. The summed E-state index contributed by atoms with van der Waals surface area (Å²) in [6.45, 7) is 15.5. The number of anilines is 1. The first-order chi connectivity index (χ1) is 23.1. The van der Waals surface area contributed by atoms with Crippen LogP contribution in [0.3, 0.4) is 0 Å². The van der Waals surface area contributed by atoms with Gasteiger partial charge in [0, 0.05) is 14.1 Å². The molecule has 0 radical (unpaired) electrons. The second-order valence-corrected chi connectivity index (χ2v) is 15.1. The number of amides is 1. The Morgan fingerprint density at radius 3 is 1.90 bits per heavy atom. The quantitative estimate of drug-likeness (QED) is 0.199. The molecule has 4 aromatic carbocycles. The molecule has 48 heavy (non-hydrogen) atoms. The first kappa shape index (κ1) is 36.9. The lowest BCUT2D eigenvalue weighted by Crippen LogP contribution is -2.21. The first-order valence-electron chi connectivity index (χ1n) is 18.3. The highest BCUT2D eigenvalue weighted by molar-refractivity contribution is 6.08. The summed E-state index contributed by atoms with van der Waals surface area (Å²) in [7, 11) is 0. The molecular formula is C46H63NO. The van der Waals surface area contributed by atoms with Crippen LogP contribution in [0, 0.1) is 18.3 Å². The molecule has 2 aliphatic carbocycles. The Bertz CT molecular complexity index is 1570. The maximum absolute atomic E-state index is 12.8. The Kier molecular flexibility index (Phi) is 13.4. The zero-order valence-electron chi connectivity index (χ0n) is 30.7. The fraction of sp³-hybridized carbons (Fsp3) is 0.413. The van der Waals surface area contributed by atoms with Crippen LogP contribution >= 0.6 is 0 Å². The Morgan fingerprint density at radius 1 is 0.792 bits per heavy atom. The van der Waals surface area contributed by atoms with Crippen LogP contribution in [0.2, 0.25) is 0 Å². The van der Waals surface area contributed by atoms with Crippen molar-refractivity contribution in [1.29, 1.82) is 0 Å². The molecule has 2 nitrogen and oxygen atoms in total. The zero-order valence-corrected chi connectivity index (χ0v) is 30.7. The van der Waals surface area contributed by atoms with Gasteiger partial charge in [0.1, 0.15) is 0 Å². The molecule has 0 aliphatic heterocycles. The van der Waals surface area contributed by atoms with Crippen LogP contribution in [-0.4, -0.2) is 5.91 Å². The van der Waals surface area contributed by atoms with Crippen LogP contribution in [0.5, 0.6) is 0 Å². The molecule has 2 heteroatoms. The molecule has 0 aromatic heterocycles. The first-order valence-corrected chi connectivity index (χ1v) is 18.3. The number of allylic oxidation sites excluding steroid dienone is 2. The van der Waals surface area contributed by atoms with Gasteiger partial charge in [0.2, 0.25) is 0 Å². The van der Waals surface area contributed by atoms with Crippen molar-refractivity contribution in [2.75, 3.05) is 5.32 Å². The Morgan fingerprint density at radius 2 is 1.35 bits per heavy atom. The lowest BCUT2D eigenvalue weighted by molar-refractivity contribution is 0.102. The van der Waals surface area contributed by atoms with Crippen molar-refractivity contribution >= 4 is 11.6 Å². The van der Waals surface area contributed by atoms with Gasteiger partial charge in [-0.25, -0.2) is 0 Å². The maximum Gasteiger partial charge on any atom is 0.256 e. The van der Waals surface area contributed by atoms with Gasteiger partial charge >= 0.3 is 0 Å². The van der Waals surface area contributed by atoms with Gasteiger partial charge in [0.05, 0.1) is 0 Å². The van der Waals surface area contributed by atoms with Crippen molar-refractivity contribution in [2.24, 2.45) is 11.3 Å². The average Bonchev–Trinajstić information content (AvgIpc) is 3.90. The monoisotopic (exact) mass is 645 g/mol. The second kappa shape index (κ2) is 17.5. The number of rotatable bonds is 7. The van der Waals surface area contributed by atoms with E-state index in [1.165, 1.54) is 62.5 Å². The van der Waals surface area contributed by atoms with Crippen LogP contribution in [0.1, 0.15) is 129 Å². The molecule has 0 saturated heterocycles. The van der Waals surface area contributed by atoms with Gasteiger partial charge in [-0.3, -0.25) is 4.79 Å². The summed E-state index contributed by atoms with van der Waals surface area (Å²) >= 11 is 0. The van der Waals surface area contributed by atoms with Crippen molar-refractivity contribution in [3.8, 4) is 11.1 Å². The van der Waals surface area contributed by atoms with Gasteiger partial charge in [-0.1, -0.05) is 157 Å². The third-order valence-corrected chi connectivity index (χ3v) is 10.0. The number of carbonyl (C=O) groups is 1. The molecule has 0 bridgehead atoms. The van der Waals surface area contributed by atoms with Crippen LogP contribution in [0.15, 0.2) is 115 Å². The van der Waals surface area contributed by atoms with Crippen LogP contribution in [-0.2, 0) is 5.41 Å². The SMILES string of the molecule is CC1(C(c2ccccc2)C2CCC=CCC2)CC1.CCCC.Cc1ccc(NC(=O)c2ccccc2-c2ccc(C(C)(C)C)cc2)cc1.[HH].[HH]. The number of carbonyl (C=O) groups excluding carboxylic acids is 1. The number of hydrogen-bond acceptors (Lipinski definition) is 1. The fourth-order valence-electron chi connectivity index (χ4n) is 6.66. The molecule has 0 heterocycles. The van der Waals surface area contributed by atoms with Crippen LogP contribution < -0.4 is 5.32 Å². The second-order valence-electron chi connectivity index (χ2n) is 15.1. The van der Waals surface area contributed by atoms with E-state index in [9.17, 15) is 4.79 Å². The summed E-state index contributed by atoms with van der Waals surface area (Å²) in [5, 5.41) is 2.99. The standard InChI is InChI=1S/C24H25NO.C18H24.C4H10.2H2/c1-17-9-15-20(16-10-17)25-23(26)22-8-6-5-7-21(22)18-11-13-19(14-12-18)24(2,3)4;1-18(13-14-18)17(16-11-7-4-8-12-16)15-9-5-2-3-6-10-15;1-3-4-2;;/h5-16H,1-4H3,(H,25,26);2-4,7-8,11-12,15,17H,5-6,9-10,13-14H2,1H3;3-4H2,1-2H3;2*1H. The molecule has 4 aromatic rings. The summed E-state index contributed by atoms with van der Waals surface area (Å²) < 4.78 is 0. The minimum absolute atomic E-state index is 0. The van der Waals surface area contributed by atoms with E-state index in [2.05, 4.69) is 114 Å². The zero-order chi connectivity index (χ0) is 34.6. The molecule has 2 aliphatic rings. The van der Waals surface area contributed by atoms with Crippen LogP contribution in [0.25, 0.3) is 11.1 Å². The predicted octanol–water partition coefficient (Wildman–Crippen LogP) is 13.8. The van der Waals surface area contributed by atoms with E-state index in [1.807, 2.05) is 55.5 Å². The van der Waals surface area contributed by atoms with E-state index in [0.717, 1.165) is 28.7 Å². The maximum atomic E-state index is 12.8. The van der Waals surface area contributed by atoms with E-state index >= 15 is 0 Å². The number of aryl methyl sites for hydroxylation is 1. The largest absolute Gasteiger partial charge is 0.322 e. The lowest BCUT2D eigenvalue weighted by Gasteiger charge is -2.32. The summed E-state index contributed by atoms with van der Waals surface area (Å²) in [6.07, 6.45) is 15.6. The summed E-state index contributed by atoms with van der Waals surface area (Å²) in [6, 6.07) is 35.3. The topological polar surface area (TPSA) is 29.1 Å². The van der Waals surface area contributed by atoms with Gasteiger partial charge in [-0.05, 0) is 109 Å². The van der Waals surface area contributed by atoms with Crippen LogP contribution in [0.4, 0.5) is 5.69 Å². The highest BCUT2D eigenvalue weighted by atomic mass is 16.1. The Balaban J connectivity index is 0.000000316. The van der Waals surface area contributed by atoms with Gasteiger partial charge in [0.15, 0.2) is 0 Å². The molecule has 1 N–H and O–H groups in total. The number of hydrogen-bond donors (Lipinski definition) is 1. The van der Waals surface area contributed by atoms with Crippen molar-refractivity contribution in [3.05, 3.63) is 138 Å². The minimum atomic E-state index is -0.0932. The predicted molar refractivity (Wildman–Crippen MR) is 212 cm³/mol. The molecule has 258 valence electrons. The van der Waals surface area contributed by atoms with Gasteiger partial charge < -0.3 is 5.32 Å². The van der Waals surface area contributed by atoms with Gasteiger partial charge in [-0.2, -0.15) is 0 Å². The van der Waals surface area contributed by atoms with E-state index in [4.69, 9.17) is 0 Å². The van der Waals surface area contributed by atoms with Gasteiger partial charge in [0.25, 0.3) is 5.91 Å². The minimum Gasteiger partial charge on any atom is -0.322 e. The molecule has 1 saturated carbocycles. The molecule has 1 atom stereocenters.